The number of nitro groups is 1. The molecule has 14 heavy (non-hydrogen) atoms. The molecule has 70 valence electrons. The number of hydrogen-bond acceptors (Lipinski definition) is 4. The first kappa shape index (κ1) is 14.0. The molecule has 0 amide bonds. The van der Waals surface area contributed by atoms with Crippen LogP contribution < -0.4 is 29.6 Å². The first-order valence-electron chi connectivity index (χ1n) is 3.05. The average Bonchev–Trinajstić information content (AvgIpc) is 2.04. The van der Waals surface area contributed by atoms with Crippen LogP contribution in [0.1, 0.15) is 0 Å². The van der Waals surface area contributed by atoms with E-state index in [2.05, 4.69) is 0 Å². The van der Waals surface area contributed by atoms with E-state index in [1.54, 1.807) is 0 Å². The molecular weight excluding hydrogens is 241 g/mol. The Bertz CT molecular complexity index is 386. The third-order valence-corrected chi connectivity index (χ3v) is 2.27. The Hall–Kier alpha value is 0.0200. The van der Waals surface area contributed by atoms with E-state index in [0.29, 0.717) is 0 Å². The minimum atomic E-state index is -2.48. The predicted molar refractivity (Wildman–Crippen MR) is 45.3 cm³/mol. The van der Waals surface area contributed by atoms with Gasteiger partial charge in [-0.15, -0.1) is 0 Å². The fourth-order valence-corrected chi connectivity index (χ4v) is 1.31. The average molecular weight is 244 g/mol. The second-order valence-corrected chi connectivity index (χ2v) is 3.45. The van der Waals surface area contributed by atoms with Crippen molar-refractivity contribution in [3.63, 3.8) is 0 Å². The van der Waals surface area contributed by atoms with Crippen LogP contribution in [0.15, 0.2) is 23.1 Å². The number of halogens is 1. The van der Waals surface area contributed by atoms with Gasteiger partial charge in [0.15, 0.2) is 0 Å². The van der Waals surface area contributed by atoms with Gasteiger partial charge in [-0.1, -0.05) is 11.6 Å². The Labute approximate surface area is 109 Å². The maximum atomic E-state index is 10.4. The van der Waals surface area contributed by atoms with E-state index in [9.17, 15) is 18.9 Å². The van der Waals surface area contributed by atoms with Crippen molar-refractivity contribution in [1.82, 2.24) is 0 Å². The van der Waals surface area contributed by atoms with Gasteiger partial charge >= 0.3 is 29.6 Å². The summed E-state index contributed by atoms with van der Waals surface area (Å²) in [6.45, 7) is 0. The van der Waals surface area contributed by atoms with Crippen LogP contribution >= 0.6 is 11.6 Å². The molecule has 0 aliphatic rings. The molecule has 1 atom stereocenters. The monoisotopic (exact) mass is 243 g/mol. The Morgan fingerprint density at radius 2 is 2.00 bits per heavy atom. The molecule has 1 rings (SSSR count). The molecule has 0 saturated carbocycles. The van der Waals surface area contributed by atoms with E-state index in [1.165, 1.54) is 12.1 Å². The number of rotatable bonds is 2. The maximum absolute atomic E-state index is 10.4. The summed E-state index contributed by atoms with van der Waals surface area (Å²) in [5, 5.41) is 10.2. The van der Waals surface area contributed by atoms with Gasteiger partial charge in [0.2, 0.25) is 0 Å². The van der Waals surface area contributed by atoms with Crippen LogP contribution in [-0.4, -0.2) is 13.7 Å². The SMILES string of the molecule is O=[N+]([O-])c1cc(S(=O)[O-])ccc1Cl.[Na+]. The summed E-state index contributed by atoms with van der Waals surface area (Å²) in [4.78, 5) is 9.42. The Morgan fingerprint density at radius 1 is 1.43 bits per heavy atom. The van der Waals surface area contributed by atoms with Crippen molar-refractivity contribution in [2.24, 2.45) is 0 Å². The molecule has 0 fully saturated rings. The van der Waals surface area contributed by atoms with E-state index in [0.717, 1.165) is 6.07 Å². The van der Waals surface area contributed by atoms with Crippen molar-refractivity contribution < 1.29 is 43.2 Å². The van der Waals surface area contributed by atoms with Crippen molar-refractivity contribution in [2.45, 2.75) is 4.90 Å². The fourth-order valence-electron chi connectivity index (χ4n) is 0.736. The van der Waals surface area contributed by atoms with Gasteiger partial charge in [-0.3, -0.25) is 14.3 Å². The number of benzene rings is 1. The number of nitrogens with zero attached hydrogens (tertiary/aromatic N) is 1. The van der Waals surface area contributed by atoms with Crippen LogP contribution in [0.5, 0.6) is 0 Å². The van der Waals surface area contributed by atoms with Gasteiger partial charge in [-0.05, 0) is 23.2 Å². The Morgan fingerprint density at radius 3 is 2.43 bits per heavy atom. The van der Waals surface area contributed by atoms with E-state index >= 15 is 0 Å². The molecule has 0 heterocycles. The molecule has 5 nitrogen and oxygen atoms in total. The molecule has 0 aliphatic heterocycles. The molecule has 0 aromatic heterocycles. The predicted octanol–water partition coefficient (Wildman–Crippen LogP) is -1.51. The molecule has 1 aromatic rings. The van der Waals surface area contributed by atoms with Gasteiger partial charge < -0.3 is 4.55 Å². The largest absolute Gasteiger partial charge is 1.00 e. The van der Waals surface area contributed by atoms with Gasteiger partial charge in [0.05, 0.1) is 4.92 Å². The zero-order valence-corrected chi connectivity index (χ0v) is 10.7. The zero-order valence-electron chi connectivity index (χ0n) is 7.10. The van der Waals surface area contributed by atoms with Gasteiger partial charge in [0, 0.05) is 11.0 Å². The first-order chi connectivity index (χ1) is 6.02. The summed E-state index contributed by atoms with van der Waals surface area (Å²) < 4.78 is 20.8. The van der Waals surface area contributed by atoms with Gasteiger partial charge in [-0.25, -0.2) is 0 Å². The summed E-state index contributed by atoms with van der Waals surface area (Å²) in [5.41, 5.74) is -0.414. The van der Waals surface area contributed by atoms with Crippen molar-refractivity contribution in [2.75, 3.05) is 0 Å². The van der Waals surface area contributed by atoms with Crippen molar-refractivity contribution in [3.8, 4) is 0 Å². The van der Waals surface area contributed by atoms with Crippen molar-refractivity contribution in [1.29, 1.82) is 0 Å². The molecule has 0 N–H and O–H groups in total. The second kappa shape index (κ2) is 5.79. The number of hydrogen-bond donors (Lipinski definition) is 0. The van der Waals surface area contributed by atoms with Gasteiger partial charge in [0.1, 0.15) is 5.02 Å². The van der Waals surface area contributed by atoms with E-state index < -0.39 is 21.7 Å². The Kier molecular flexibility index (Phi) is 5.80. The van der Waals surface area contributed by atoms with Crippen molar-refractivity contribution in [3.05, 3.63) is 33.3 Å². The molecule has 0 aliphatic carbocycles. The zero-order chi connectivity index (χ0) is 10.0. The van der Waals surface area contributed by atoms with Crippen LogP contribution in [0, 0.1) is 10.1 Å². The maximum Gasteiger partial charge on any atom is 1.00 e. The van der Waals surface area contributed by atoms with Crippen LogP contribution in [0.3, 0.4) is 0 Å². The molecule has 0 radical (unpaired) electrons. The van der Waals surface area contributed by atoms with Crippen molar-refractivity contribution >= 4 is 28.4 Å². The minimum Gasteiger partial charge on any atom is -0.768 e. The molecule has 1 aromatic carbocycles. The normalized spacial score (nSPS) is 11.6. The standard InChI is InChI=1S/C6H4ClNO4S.Na/c7-5-2-1-4(13(11)12)3-6(5)8(9)10;/h1-3H,(H,11,12);/q;+1/p-1. The minimum absolute atomic E-state index is 0. The number of nitro benzene ring substituents is 1. The summed E-state index contributed by atoms with van der Waals surface area (Å²) in [5.74, 6) is 0. The smallest absolute Gasteiger partial charge is 0.768 e. The summed E-state index contributed by atoms with van der Waals surface area (Å²) in [6.07, 6.45) is 0. The third-order valence-electron chi connectivity index (χ3n) is 1.31. The Balaban J connectivity index is 0.00000169. The van der Waals surface area contributed by atoms with Crippen LogP contribution in [-0.2, 0) is 11.1 Å². The second-order valence-electron chi connectivity index (χ2n) is 2.11. The molecule has 0 bridgehead atoms. The van der Waals surface area contributed by atoms with Gasteiger partial charge in [0.25, 0.3) is 5.69 Å². The van der Waals surface area contributed by atoms with Crippen LogP contribution in [0.25, 0.3) is 0 Å². The quantitative estimate of drug-likeness (QED) is 0.274. The van der Waals surface area contributed by atoms with E-state index in [1.807, 2.05) is 0 Å². The summed E-state index contributed by atoms with van der Waals surface area (Å²) >= 11 is 2.98. The van der Waals surface area contributed by atoms with Gasteiger partial charge in [-0.2, -0.15) is 0 Å². The van der Waals surface area contributed by atoms with Crippen LogP contribution in [0.4, 0.5) is 5.69 Å². The fraction of sp³-hybridized carbons (Fsp3) is 0. The molecule has 0 spiro atoms. The molecular formula is C6H3ClNNaO4S. The molecule has 8 heteroatoms. The molecule has 1 unspecified atom stereocenters. The first-order valence-corrected chi connectivity index (χ1v) is 4.51. The van der Waals surface area contributed by atoms with E-state index in [-0.39, 0.29) is 39.5 Å². The van der Waals surface area contributed by atoms with Crippen LogP contribution in [0.2, 0.25) is 5.02 Å². The topological polar surface area (TPSA) is 83.3 Å². The third kappa shape index (κ3) is 3.30. The van der Waals surface area contributed by atoms with E-state index in [4.69, 9.17) is 11.6 Å². The molecule has 0 saturated heterocycles. The summed E-state index contributed by atoms with van der Waals surface area (Å²) in [7, 11) is 0. The summed E-state index contributed by atoms with van der Waals surface area (Å²) in [6, 6.07) is 3.27.